The number of nitrogens with zero attached hydrogens (tertiary/aromatic N) is 2. The standard InChI is InChI=1S/C34H40F3N5O8S/c1-2-22-15-33(22,31(46)40-51(48,49)24-12-13-24)39-29(44)27-14-23-18-42(27)30(45)26(16-34(35,36)37)38-28(43)11-6-4-3-5-8-20-9-7-10-21-17-41(19-25(20)21)32(47)50-23/h2,5,7-10,22-24,26-27H,1,3-4,6,11-19H2,(H,38,43)(H,39,44)(H,40,46)/b8-5+/t22-,23-,26+,27+,33-/m1/s1. The van der Waals surface area contributed by atoms with Gasteiger partial charge in [-0.15, -0.1) is 6.58 Å². The molecule has 276 valence electrons. The third-order valence-corrected chi connectivity index (χ3v) is 11.9. The fraction of sp³-hybridized carbons (Fsp3) is 0.559. The van der Waals surface area contributed by atoms with E-state index in [9.17, 15) is 45.6 Å². The number of hydrogen-bond acceptors (Lipinski definition) is 8. The lowest BCUT2D eigenvalue weighted by atomic mass is 10.0. The Morgan fingerprint density at radius 2 is 1.90 bits per heavy atom. The highest BCUT2D eigenvalue weighted by Gasteiger charge is 2.62. The van der Waals surface area contributed by atoms with Crippen molar-refractivity contribution >= 4 is 45.8 Å². The molecular formula is C34H40F3N5O8S. The SMILES string of the molecule is C=C[C@@H]1C[C@]1(NC(=O)[C@@H]1C[C@@H]2CN1C(=O)[C@H](CC(F)(F)F)NC(=O)CCCC/C=C/c1cccc3c1CN(C3)C(=O)O2)C(=O)NS(=O)(=O)C1CC1. The van der Waals surface area contributed by atoms with E-state index in [1.807, 2.05) is 35.1 Å². The first kappa shape index (κ1) is 36.4. The molecule has 0 unspecified atom stereocenters. The summed E-state index contributed by atoms with van der Waals surface area (Å²) in [7, 11) is -4.00. The predicted octanol–water partition coefficient (Wildman–Crippen LogP) is 2.80. The molecule has 4 bridgehead atoms. The number of ether oxygens (including phenoxy) is 1. The molecule has 17 heteroatoms. The number of alkyl halides is 3. The Bertz CT molecular complexity index is 1760. The van der Waals surface area contributed by atoms with Gasteiger partial charge in [0.15, 0.2) is 0 Å². The highest BCUT2D eigenvalue weighted by molar-refractivity contribution is 7.91. The number of benzene rings is 1. The van der Waals surface area contributed by atoms with Crippen LogP contribution in [0.3, 0.4) is 0 Å². The minimum absolute atomic E-state index is 0.00715. The molecule has 3 aliphatic heterocycles. The van der Waals surface area contributed by atoms with Crippen LogP contribution in [0.25, 0.3) is 6.08 Å². The molecule has 6 rings (SSSR count). The third kappa shape index (κ3) is 8.07. The van der Waals surface area contributed by atoms with Crippen molar-refractivity contribution in [2.75, 3.05) is 6.54 Å². The summed E-state index contributed by atoms with van der Waals surface area (Å²) in [6, 6.07) is 2.05. The van der Waals surface area contributed by atoms with E-state index in [4.69, 9.17) is 4.74 Å². The number of fused-ring (bicyclic) bond motifs is 3. The fourth-order valence-electron chi connectivity index (χ4n) is 7.00. The summed E-state index contributed by atoms with van der Waals surface area (Å²) in [6.45, 7) is 3.64. The lowest BCUT2D eigenvalue weighted by Gasteiger charge is -2.30. The highest BCUT2D eigenvalue weighted by atomic mass is 32.2. The van der Waals surface area contributed by atoms with E-state index < -0.39 is 93.8 Å². The van der Waals surface area contributed by atoms with E-state index in [-0.39, 0.29) is 32.4 Å². The molecule has 5 atom stereocenters. The Hall–Kier alpha value is -4.41. The minimum atomic E-state index is -4.87. The smallest absolute Gasteiger partial charge is 0.410 e. The van der Waals surface area contributed by atoms with Gasteiger partial charge in [-0.2, -0.15) is 13.2 Å². The molecule has 2 aliphatic carbocycles. The van der Waals surface area contributed by atoms with Crippen molar-refractivity contribution in [2.45, 2.75) is 106 Å². The number of carbonyl (C=O) groups is 5. The second-order valence-electron chi connectivity index (χ2n) is 13.9. The van der Waals surface area contributed by atoms with Crippen molar-refractivity contribution in [1.82, 2.24) is 25.2 Å². The Kier molecular flexibility index (Phi) is 9.96. The average molecular weight is 736 g/mol. The number of hydrogen-bond donors (Lipinski definition) is 3. The Labute approximate surface area is 293 Å². The molecule has 1 aromatic carbocycles. The van der Waals surface area contributed by atoms with Gasteiger partial charge in [-0.05, 0) is 55.2 Å². The van der Waals surface area contributed by atoms with E-state index in [1.54, 1.807) is 0 Å². The van der Waals surface area contributed by atoms with Crippen molar-refractivity contribution in [1.29, 1.82) is 0 Å². The molecule has 5 aliphatic rings. The Morgan fingerprint density at radius 3 is 2.59 bits per heavy atom. The second kappa shape index (κ2) is 14.0. The van der Waals surface area contributed by atoms with Crippen LogP contribution in [0.15, 0.2) is 36.9 Å². The number of sulfonamides is 1. The van der Waals surface area contributed by atoms with E-state index in [1.165, 1.54) is 11.0 Å². The monoisotopic (exact) mass is 735 g/mol. The van der Waals surface area contributed by atoms with Gasteiger partial charge in [-0.3, -0.25) is 28.8 Å². The topological polar surface area (TPSA) is 171 Å². The summed E-state index contributed by atoms with van der Waals surface area (Å²) < 4.78 is 74.2. The largest absolute Gasteiger partial charge is 0.444 e. The van der Waals surface area contributed by atoms with Gasteiger partial charge in [0.2, 0.25) is 27.7 Å². The van der Waals surface area contributed by atoms with Gasteiger partial charge in [0.25, 0.3) is 5.91 Å². The number of nitrogens with one attached hydrogen (secondary N) is 3. The molecule has 0 aromatic heterocycles. The molecule has 2 saturated carbocycles. The van der Waals surface area contributed by atoms with E-state index in [0.717, 1.165) is 21.6 Å². The normalized spacial score (nSPS) is 29.2. The van der Waals surface area contributed by atoms with E-state index in [0.29, 0.717) is 32.1 Å². The van der Waals surface area contributed by atoms with Gasteiger partial charge >= 0.3 is 12.3 Å². The summed E-state index contributed by atoms with van der Waals surface area (Å²) in [5, 5.41) is 4.01. The molecule has 51 heavy (non-hydrogen) atoms. The molecule has 0 radical (unpaired) electrons. The molecule has 3 N–H and O–H groups in total. The number of allylic oxidation sites excluding steroid dienone is 1. The summed E-state index contributed by atoms with van der Waals surface area (Å²) in [4.78, 5) is 69.7. The van der Waals surface area contributed by atoms with Crippen molar-refractivity contribution in [3.63, 3.8) is 0 Å². The van der Waals surface area contributed by atoms with Gasteiger partial charge in [0.05, 0.1) is 24.8 Å². The van der Waals surface area contributed by atoms with Crippen LogP contribution in [0.4, 0.5) is 18.0 Å². The molecule has 0 spiro atoms. The summed E-state index contributed by atoms with van der Waals surface area (Å²) in [5.41, 5.74) is 1.00. The number of rotatable bonds is 7. The predicted molar refractivity (Wildman–Crippen MR) is 175 cm³/mol. The maximum Gasteiger partial charge on any atom is 0.410 e. The van der Waals surface area contributed by atoms with Crippen LogP contribution in [-0.2, 0) is 47.0 Å². The number of amides is 5. The van der Waals surface area contributed by atoms with Gasteiger partial charge in [0, 0.05) is 25.3 Å². The lowest BCUT2D eigenvalue weighted by molar-refractivity contribution is -0.157. The minimum Gasteiger partial charge on any atom is -0.444 e. The molecular weight excluding hydrogens is 695 g/mol. The molecule has 1 saturated heterocycles. The van der Waals surface area contributed by atoms with E-state index >= 15 is 0 Å². The third-order valence-electron chi connectivity index (χ3n) is 10.0. The Morgan fingerprint density at radius 1 is 1.14 bits per heavy atom. The van der Waals surface area contributed by atoms with Crippen LogP contribution in [0.2, 0.25) is 0 Å². The van der Waals surface area contributed by atoms with Crippen molar-refractivity contribution in [2.24, 2.45) is 5.92 Å². The maximum absolute atomic E-state index is 13.9. The fourth-order valence-corrected chi connectivity index (χ4v) is 8.36. The average Bonchev–Trinajstić information content (AvgIpc) is 3.95. The van der Waals surface area contributed by atoms with Gasteiger partial charge in [-0.25, -0.2) is 13.2 Å². The quantitative estimate of drug-likeness (QED) is 0.359. The summed E-state index contributed by atoms with van der Waals surface area (Å²) in [6.07, 6.45) is -1.52. The summed E-state index contributed by atoms with van der Waals surface area (Å²) in [5.74, 6) is -4.62. The van der Waals surface area contributed by atoms with Crippen LogP contribution in [-0.4, -0.2) is 89.6 Å². The number of halogens is 3. The first-order valence-corrected chi connectivity index (χ1v) is 18.5. The zero-order valence-corrected chi connectivity index (χ0v) is 28.6. The van der Waals surface area contributed by atoms with Gasteiger partial charge < -0.3 is 20.3 Å². The molecule has 13 nitrogen and oxygen atoms in total. The van der Waals surface area contributed by atoms with Gasteiger partial charge in [-0.1, -0.05) is 36.4 Å². The first-order chi connectivity index (χ1) is 24.1. The van der Waals surface area contributed by atoms with Crippen LogP contribution >= 0.6 is 0 Å². The zero-order valence-electron chi connectivity index (χ0n) is 27.7. The zero-order chi connectivity index (χ0) is 36.7. The lowest BCUT2D eigenvalue weighted by Crippen LogP contribution is -2.58. The van der Waals surface area contributed by atoms with Crippen LogP contribution in [0, 0.1) is 5.92 Å². The second-order valence-corrected chi connectivity index (χ2v) is 15.8. The van der Waals surface area contributed by atoms with Crippen molar-refractivity contribution in [3.05, 3.63) is 53.6 Å². The van der Waals surface area contributed by atoms with E-state index in [2.05, 4.69) is 17.2 Å². The Balaban J connectivity index is 1.27. The van der Waals surface area contributed by atoms with Crippen molar-refractivity contribution < 1.29 is 50.3 Å². The first-order valence-electron chi connectivity index (χ1n) is 17.0. The maximum atomic E-state index is 13.9. The number of carbonyl (C=O) groups excluding carboxylic acids is 5. The molecule has 5 amide bonds. The summed E-state index contributed by atoms with van der Waals surface area (Å²) >= 11 is 0. The molecule has 1 aromatic rings. The van der Waals surface area contributed by atoms with Crippen LogP contribution < -0.4 is 15.4 Å². The highest BCUT2D eigenvalue weighted by Crippen LogP contribution is 2.45. The molecule has 3 heterocycles. The van der Waals surface area contributed by atoms with Gasteiger partial charge in [0.1, 0.15) is 23.7 Å². The van der Waals surface area contributed by atoms with Crippen molar-refractivity contribution in [3.8, 4) is 0 Å². The van der Waals surface area contributed by atoms with Crippen LogP contribution in [0.5, 0.6) is 0 Å². The van der Waals surface area contributed by atoms with Crippen LogP contribution in [0.1, 0.15) is 74.5 Å². The molecule has 3 fully saturated rings.